The number of para-hydroxylation sites is 1. The van der Waals surface area contributed by atoms with E-state index in [1.807, 2.05) is 29.2 Å². The van der Waals surface area contributed by atoms with Crippen LogP contribution >= 0.6 is 11.6 Å². The molecule has 1 N–H and O–H groups in total. The molecular weight excluding hydrogens is 364 g/mol. The molecule has 1 fully saturated rings. The fourth-order valence-corrected chi connectivity index (χ4v) is 3.27. The van der Waals surface area contributed by atoms with Crippen LogP contribution in [0.4, 0.5) is 11.4 Å². The monoisotopic (exact) mass is 382 g/mol. The highest BCUT2D eigenvalue weighted by Gasteiger charge is 2.23. The lowest BCUT2D eigenvalue weighted by Crippen LogP contribution is -2.48. The van der Waals surface area contributed by atoms with Crippen LogP contribution in [-0.2, 0) is 4.79 Å². The predicted molar refractivity (Wildman–Crippen MR) is 105 cm³/mol. The molecule has 0 atom stereocenters. The van der Waals surface area contributed by atoms with Crippen LogP contribution in [0.15, 0.2) is 48.5 Å². The second-order valence-electron chi connectivity index (χ2n) is 6.19. The number of carbonyl (C=O) groups excluding carboxylic acids is 2. The Morgan fingerprint density at radius 1 is 1.04 bits per heavy atom. The smallest absolute Gasteiger partial charge is 0.253 e. The van der Waals surface area contributed by atoms with Gasteiger partial charge in [0.1, 0.15) is 6.42 Å². The lowest BCUT2D eigenvalue weighted by atomic mass is 10.1. The van der Waals surface area contributed by atoms with E-state index < -0.39 is 0 Å². The maximum absolute atomic E-state index is 12.7. The number of nitrogens with zero attached hydrogens (tertiary/aromatic N) is 3. The standard InChI is InChI=1S/C20H19ClN4O2/c21-17-3-1-2-4-18(17)24-11-13-25(14-12-24)20(27)15-5-7-16(8-6-15)23-19(26)9-10-22/h1-8H,9,11-14H2,(H,23,26). The lowest BCUT2D eigenvalue weighted by molar-refractivity contribution is -0.115. The third kappa shape index (κ3) is 4.57. The van der Waals surface area contributed by atoms with Crippen LogP contribution in [0.25, 0.3) is 0 Å². The minimum atomic E-state index is -0.368. The van der Waals surface area contributed by atoms with Crippen LogP contribution < -0.4 is 10.2 Å². The molecule has 0 radical (unpaired) electrons. The van der Waals surface area contributed by atoms with Gasteiger partial charge in [-0.15, -0.1) is 0 Å². The molecule has 2 aromatic carbocycles. The highest BCUT2D eigenvalue weighted by atomic mass is 35.5. The first-order chi connectivity index (χ1) is 13.1. The molecule has 0 spiro atoms. The van der Waals surface area contributed by atoms with Crippen molar-refractivity contribution in [1.29, 1.82) is 5.26 Å². The number of piperazine rings is 1. The lowest BCUT2D eigenvalue weighted by Gasteiger charge is -2.36. The van der Waals surface area contributed by atoms with Crippen LogP contribution in [0.1, 0.15) is 16.8 Å². The van der Waals surface area contributed by atoms with E-state index in [1.165, 1.54) is 0 Å². The SMILES string of the molecule is N#CCC(=O)Nc1ccc(C(=O)N2CCN(c3ccccc3Cl)CC2)cc1. The summed E-state index contributed by atoms with van der Waals surface area (Å²) in [5.74, 6) is -0.406. The summed E-state index contributed by atoms with van der Waals surface area (Å²) in [6.07, 6.45) is -0.198. The summed E-state index contributed by atoms with van der Waals surface area (Å²) in [5, 5.41) is 11.8. The summed E-state index contributed by atoms with van der Waals surface area (Å²) >= 11 is 6.25. The summed E-state index contributed by atoms with van der Waals surface area (Å²) in [4.78, 5) is 28.1. The van der Waals surface area contributed by atoms with Crippen molar-refractivity contribution in [3.05, 3.63) is 59.1 Å². The number of nitrogens with one attached hydrogen (secondary N) is 1. The maximum atomic E-state index is 12.7. The number of hydrogen-bond acceptors (Lipinski definition) is 4. The Labute approximate surface area is 162 Å². The fourth-order valence-electron chi connectivity index (χ4n) is 3.01. The van der Waals surface area contributed by atoms with Gasteiger partial charge >= 0.3 is 0 Å². The number of rotatable bonds is 4. The third-order valence-corrected chi connectivity index (χ3v) is 4.73. The Morgan fingerprint density at radius 2 is 1.70 bits per heavy atom. The number of benzene rings is 2. The van der Waals surface area contributed by atoms with Gasteiger partial charge in [0.15, 0.2) is 0 Å². The molecular formula is C20H19ClN4O2. The van der Waals surface area contributed by atoms with E-state index in [4.69, 9.17) is 16.9 Å². The zero-order valence-corrected chi connectivity index (χ0v) is 15.4. The van der Waals surface area contributed by atoms with Gasteiger partial charge < -0.3 is 15.1 Å². The van der Waals surface area contributed by atoms with E-state index >= 15 is 0 Å². The maximum Gasteiger partial charge on any atom is 0.253 e. The molecule has 0 bridgehead atoms. The number of anilines is 2. The van der Waals surface area contributed by atoms with Gasteiger partial charge in [0, 0.05) is 37.4 Å². The van der Waals surface area contributed by atoms with Crippen molar-refractivity contribution in [2.24, 2.45) is 0 Å². The second-order valence-corrected chi connectivity index (χ2v) is 6.60. The topological polar surface area (TPSA) is 76.4 Å². The first kappa shape index (κ1) is 18.7. The first-order valence-electron chi connectivity index (χ1n) is 8.64. The Hall–Kier alpha value is -3.04. The molecule has 1 saturated heterocycles. The molecule has 1 aliphatic heterocycles. The largest absolute Gasteiger partial charge is 0.367 e. The Kier molecular flexibility index (Phi) is 5.94. The van der Waals surface area contributed by atoms with Crippen molar-refractivity contribution in [3.63, 3.8) is 0 Å². The van der Waals surface area contributed by atoms with E-state index in [2.05, 4.69) is 10.2 Å². The summed E-state index contributed by atoms with van der Waals surface area (Å²) in [7, 11) is 0. The van der Waals surface area contributed by atoms with Crippen LogP contribution in [-0.4, -0.2) is 42.9 Å². The van der Waals surface area contributed by atoms with Crippen molar-refractivity contribution >= 4 is 34.8 Å². The molecule has 0 aromatic heterocycles. The number of carbonyl (C=O) groups is 2. The number of halogens is 1. The van der Waals surface area contributed by atoms with Gasteiger partial charge in [0.2, 0.25) is 5.91 Å². The van der Waals surface area contributed by atoms with Gasteiger partial charge in [-0.2, -0.15) is 5.26 Å². The van der Waals surface area contributed by atoms with Gasteiger partial charge in [-0.3, -0.25) is 9.59 Å². The summed E-state index contributed by atoms with van der Waals surface area (Å²) < 4.78 is 0. The van der Waals surface area contributed by atoms with E-state index in [0.29, 0.717) is 29.4 Å². The van der Waals surface area contributed by atoms with Gasteiger partial charge in [0.25, 0.3) is 5.91 Å². The zero-order chi connectivity index (χ0) is 19.2. The molecule has 2 aromatic rings. The second kappa shape index (κ2) is 8.56. The van der Waals surface area contributed by atoms with Crippen molar-refractivity contribution in [1.82, 2.24) is 4.90 Å². The van der Waals surface area contributed by atoms with Gasteiger partial charge in [-0.05, 0) is 36.4 Å². The van der Waals surface area contributed by atoms with E-state index in [-0.39, 0.29) is 18.2 Å². The minimum Gasteiger partial charge on any atom is -0.367 e. The van der Waals surface area contributed by atoms with Crippen molar-refractivity contribution in [2.45, 2.75) is 6.42 Å². The van der Waals surface area contributed by atoms with Crippen LogP contribution in [0.3, 0.4) is 0 Å². The predicted octanol–water partition coefficient (Wildman–Crippen LogP) is 3.15. The molecule has 3 rings (SSSR count). The molecule has 0 unspecified atom stereocenters. The zero-order valence-electron chi connectivity index (χ0n) is 14.7. The van der Waals surface area contributed by atoms with E-state index in [0.717, 1.165) is 18.8 Å². The van der Waals surface area contributed by atoms with Gasteiger partial charge in [-0.25, -0.2) is 0 Å². The minimum absolute atomic E-state index is 0.0382. The van der Waals surface area contributed by atoms with E-state index in [1.54, 1.807) is 30.3 Å². The third-order valence-electron chi connectivity index (χ3n) is 4.42. The van der Waals surface area contributed by atoms with Crippen molar-refractivity contribution in [2.75, 3.05) is 36.4 Å². The molecule has 7 heteroatoms. The van der Waals surface area contributed by atoms with Crippen molar-refractivity contribution in [3.8, 4) is 6.07 Å². The highest BCUT2D eigenvalue weighted by Crippen LogP contribution is 2.26. The molecule has 0 saturated carbocycles. The number of amides is 2. The molecule has 0 aliphatic carbocycles. The quantitative estimate of drug-likeness (QED) is 0.881. The average Bonchev–Trinajstić information content (AvgIpc) is 2.69. The summed E-state index contributed by atoms with van der Waals surface area (Å²) in [5.41, 5.74) is 2.12. The van der Waals surface area contributed by atoms with Crippen LogP contribution in [0.5, 0.6) is 0 Å². The average molecular weight is 383 g/mol. The summed E-state index contributed by atoms with van der Waals surface area (Å²) in [6.45, 7) is 2.67. The molecule has 6 nitrogen and oxygen atoms in total. The first-order valence-corrected chi connectivity index (χ1v) is 9.02. The molecule has 1 aliphatic rings. The van der Waals surface area contributed by atoms with Gasteiger partial charge in [0.05, 0.1) is 16.8 Å². The Balaban J connectivity index is 1.58. The van der Waals surface area contributed by atoms with E-state index in [9.17, 15) is 9.59 Å². The molecule has 27 heavy (non-hydrogen) atoms. The van der Waals surface area contributed by atoms with Crippen molar-refractivity contribution < 1.29 is 9.59 Å². The number of hydrogen-bond donors (Lipinski definition) is 1. The highest BCUT2D eigenvalue weighted by molar-refractivity contribution is 6.33. The van der Waals surface area contributed by atoms with Crippen LogP contribution in [0.2, 0.25) is 5.02 Å². The van der Waals surface area contributed by atoms with Crippen LogP contribution in [0, 0.1) is 11.3 Å². The molecule has 1 heterocycles. The fraction of sp³-hybridized carbons (Fsp3) is 0.250. The molecule has 2 amide bonds. The Bertz CT molecular complexity index is 868. The normalized spacial score (nSPS) is 13.8. The molecule has 138 valence electrons. The number of nitriles is 1. The Morgan fingerprint density at radius 3 is 2.33 bits per heavy atom. The summed E-state index contributed by atoms with van der Waals surface area (Å²) in [6, 6.07) is 16.2. The van der Waals surface area contributed by atoms with Gasteiger partial charge in [-0.1, -0.05) is 23.7 Å².